The van der Waals surface area contributed by atoms with Crippen LogP contribution in [0.4, 0.5) is 0 Å². The van der Waals surface area contributed by atoms with Crippen LogP contribution in [0.2, 0.25) is 0 Å². The van der Waals surface area contributed by atoms with Gasteiger partial charge >= 0.3 is 0 Å². The molecule has 2 nitrogen and oxygen atoms in total. The molecule has 0 atom stereocenters. The van der Waals surface area contributed by atoms with Crippen LogP contribution in [0, 0.1) is 5.92 Å². The fourth-order valence-electron chi connectivity index (χ4n) is 2.43. The van der Waals surface area contributed by atoms with Crippen LogP contribution in [0.15, 0.2) is 28.7 Å². The van der Waals surface area contributed by atoms with Crippen molar-refractivity contribution in [2.45, 2.75) is 32.1 Å². The molecule has 1 fully saturated rings. The van der Waals surface area contributed by atoms with E-state index in [4.69, 9.17) is 0 Å². The van der Waals surface area contributed by atoms with Crippen molar-refractivity contribution in [1.29, 1.82) is 0 Å². The van der Waals surface area contributed by atoms with Gasteiger partial charge in [-0.15, -0.1) is 0 Å². The Morgan fingerprint density at radius 1 is 1.29 bits per heavy atom. The summed E-state index contributed by atoms with van der Waals surface area (Å²) in [6.07, 6.45) is 6.53. The second-order valence-electron chi connectivity index (χ2n) is 4.67. The van der Waals surface area contributed by atoms with Gasteiger partial charge in [0.1, 0.15) is 0 Å². The van der Waals surface area contributed by atoms with Gasteiger partial charge in [-0.1, -0.05) is 37.8 Å². The highest BCUT2D eigenvalue weighted by Gasteiger charge is 2.15. The van der Waals surface area contributed by atoms with Crippen molar-refractivity contribution < 1.29 is 4.79 Å². The number of benzene rings is 1. The molecule has 0 unspecified atom stereocenters. The van der Waals surface area contributed by atoms with E-state index >= 15 is 0 Å². The first kappa shape index (κ1) is 12.6. The van der Waals surface area contributed by atoms with Gasteiger partial charge in [-0.2, -0.15) is 0 Å². The van der Waals surface area contributed by atoms with E-state index in [0.717, 1.165) is 28.9 Å². The highest BCUT2D eigenvalue weighted by atomic mass is 79.9. The highest BCUT2D eigenvalue weighted by molar-refractivity contribution is 9.10. The molecule has 3 heteroatoms. The van der Waals surface area contributed by atoms with E-state index in [1.54, 1.807) is 0 Å². The molecular formula is C14H18BrNO. The summed E-state index contributed by atoms with van der Waals surface area (Å²) in [5.74, 6) is 0.852. The Balaban J connectivity index is 1.79. The minimum atomic E-state index is 0.0236. The first-order valence-corrected chi connectivity index (χ1v) is 7.09. The molecule has 1 saturated carbocycles. The molecule has 1 aromatic carbocycles. The lowest BCUT2D eigenvalue weighted by atomic mass is 10.0. The number of amides is 1. The van der Waals surface area contributed by atoms with E-state index < -0.39 is 0 Å². The highest BCUT2D eigenvalue weighted by Crippen LogP contribution is 2.27. The third-order valence-electron chi connectivity index (χ3n) is 3.43. The first-order chi connectivity index (χ1) is 8.27. The third kappa shape index (κ3) is 3.56. The Morgan fingerprint density at radius 3 is 2.71 bits per heavy atom. The van der Waals surface area contributed by atoms with Gasteiger partial charge in [-0.25, -0.2) is 0 Å². The summed E-state index contributed by atoms with van der Waals surface area (Å²) in [5.41, 5.74) is 0.721. The molecular weight excluding hydrogens is 278 g/mol. The van der Waals surface area contributed by atoms with Crippen LogP contribution in [0.25, 0.3) is 0 Å². The predicted octanol–water partition coefficient (Wildman–Crippen LogP) is 3.76. The molecule has 0 bridgehead atoms. The topological polar surface area (TPSA) is 29.1 Å². The van der Waals surface area contributed by atoms with E-state index in [0.29, 0.717) is 0 Å². The summed E-state index contributed by atoms with van der Waals surface area (Å²) in [6, 6.07) is 7.54. The number of nitrogens with one attached hydrogen (secondary N) is 1. The van der Waals surface area contributed by atoms with Gasteiger partial charge < -0.3 is 5.32 Å². The van der Waals surface area contributed by atoms with Crippen molar-refractivity contribution in [2.75, 3.05) is 6.54 Å². The monoisotopic (exact) mass is 295 g/mol. The maximum atomic E-state index is 11.9. The molecule has 0 radical (unpaired) electrons. The van der Waals surface area contributed by atoms with Crippen LogP contribution < -0.4 is 5.32 Å². The average molecular weight is 296 g/mol. The zero-order valence-electron chi connectivity index (χ0n) is 9.92. The number of hydrogen-bond acceptors (Lipinski definition) is 1. The van der Waals surface area contributed by atoms with Crippen molar-refractivity contribution >= 4 is 21.8 Å². The number of halogens is 1. The van der Waals surface area contributed by atoms with Crippen molar-refractivity contribution in [2.24, 2.45) is 5.92 Å². The van der Waals surface area contributed by atoms with Gasteiger partial charge in [0.2, 0.25) is 0 Å². The van der Waals surface area contributed by atoms with E-state index in [-0.39, 0.29) is 5.91 Å². The molecule has 1 N–H and O–H groups in total. The molecule has 2 rings (SSSR count). The maximum Gasteiger partial charge on any atom is 0.252 e. The number of carbonyl (C=O) groups excluding carboxylic acids is 1. The Bertz CT molecular complexity index is 386. The summed E-state index contributed by atoms with van der Waals surface area (Å²) in [4.78, 5) is 11.9. The second-order valence-corrected chi connectivity index (χ2v) is 5.53. The van der Waals surface area contributed by atoms with Crippen LogP contribution in [-0.4, -0.2) is 12.5 Å². The molecule has 17 heavy (non-hydrogen) atoms. The Kier molecular flexibility index (Phi) is 4.60. The van der Waals surface area contributed by atoms with Gasteiger partial charge in [0, 0.05) is 11.0 Å². The molecule has 1 aromatic rings. The van der Waals surface area contributed by atoms with Crippen molar-refractivity contribution in [3.8, 4) is 0 Å². The van der Waals surface area contributed by atoms with E-state index in [1.807, 2.05) is 24.3 Å². The van der Waals surface area contributed by atoms with Crippen LogP contribution >= 0.6 is 15.9 Å². The number of hydrogen-bond donors (Lipinski definition) is 1. The van der Waals surface area contributed by atoms with Gasteiger partial charge in [-0.05, 0) is 40.4 Å². The molecule has 0 aromatic heterocycles. The Morgan fingerprint density at radius 2 is 2.00 bits per heavy atom. The largest absolute Gasteiger partial charge is 0.352 e. The predicted molar refractivity (Wildman–Crippen MR) is 73.1 cm³/mol. The second kappa shape index (κ2) is 6.20. The first-order valence-electron chi connectivity index (χ1n) is 6.30. The lowest BCUT2D eigenvalue weighted by Gasteiger charge is -2.10. The SMILES string of the molecule is O=C(NCCC1CCCC1)c1ccccc1Br. The lowest BCUT2D eigenvalue weighted by molar-refractivity contribution is 0.0950. The van der Waals surface area contributed by atoms with Crippen molar-refractivity contribution in [3.05, 3.63) is 34.3 Å². The van der Waals surface area contributed by atoms with Crippen molar-refractivity contribution in [1.82, 2.24) is 5.32 Å². The van der Waals surface area contributed by atoms with Gasteiger partial charge in [0.25, 0.3) is 5.91 Å². The van der Waals surface area contributed by atoms with Gasteiger partial charge in [0.05, 0.1) is 5.56 Å². The fraction of sp³-hybridized carbons (Fsp3) is 0.500. The molecule has 0 aliphatic heterocycles. The Labute approximate surface area is 111 Å². The van der Waals surface area contributed by atoms with Crippen molar-refractivity contribution in [3.63, 3.8) is 0 Å². The normalized spacial score (nSPS) is 16.1. The van der Waals surface area contributed by atoms with Gasteiger partial charge in [0.15, 0.2) is 0 Å². The van der Waals surface area contributed by atoms with E-state index in [9.17, 15) is 4.79 Å². The molecule has 0 saturated heterocycles. The lowest BCUT2D eigenvalue weighted by Crippen LogP contribution is -2.25. The molecule has 1 aliphatic carbocycles. The minimum absolute atomic E-state index is 0.0236. The standard InChI is InChI=1S/C14H18BrNO/c15-13-8-4-3-7-12(13)14(17)16-10-9-11-5-1-2-6-11/h3-4,7-8,11H,1-2,5-6,9-10H2,(H,16,17). The van der Waals surface area contributed by atoms with E-state index in [1.165, 1.54) is 25.7 Å². The molecule has 1 amide bonds. The van der Waals surface area contributed by atoms with Gasteiger partial charge in [-0.3, -0.25) is 4.79 Å². The third-order valence-corrected chi connectivity index (χ3v) is 4.12. The molecule has 0 heterocycles. The minimum Gasteiger partial charge on any atom is -0.352 e. The average Bonchev–Trinajstić information content (AvgIpc) is 2.82. The Hall–Kier alpha value is -0.830. The summed E-state index contributed by atoms with van der Waals surface area (Å²) in [7, 11) is 0. The summed E-state index contributed by atoms with van der Waals surface area (Å²) in [6.45, 7) is 0.796. The van der Waals surface area contributed by atoms with Crippen LogP contribution in [-0.2, 0) is 0 Å². The molecule has 92 valence electrons. The number of carbonyl (C=O) groups is 1. The zero-order valence-corrected chi connectivity index (χ0v) is 11.5. The van der Waals surface area contributed by atoms with Crippen LogP contribution in [0.5, 0.6) is 0 Å². The fourth-order valence-corrected chi connectivity index (χ4v) is 2.89. The zero-order chi connectivity index (χ0) is 12.1. The quantitative estimate of drug-likeness (QED) is 0.900. The molecule has 0 spiro atoms. The summed E-state index contributed by atoms with van der Waals surface area (Å²) in [5, 5.41) is 3.00. The van der Waals surface area contributed by atoms with Crippen LogP contribution in [0.1, 0.15) is 42.5 Å². The number of rotatable bonds is 4. The van der Waals surface area contributed by atoms with Crippen LogP contribution in [0.3, 0.4) is 0 Å². The smallest absolute Gasteiger partial charge is 0.252 e. The van der Waals surface area contributed by atoms with E-state index in [2.05, 4.69) is 21.2 Å². The summed E-state index contributed by atoms with van der Waals surface area (Å²) < 4.78 is 0.860. The summed E-state index contributed by atoms with van der Waals surface area (Å²) >= 11 is 3.39. The maximum absolute atomic E-state index is 11.9. The molecule has 1 aliphatic rings.